The Morgan fingerprint density at radius 1 is 1.41 bits per heavy atom. The number of carboxylic acid groups (broad SMARTS) is 1. The third-order valence-corrected chi connectivity index (χ3v) is 2.95. The van der Waals surface area contributed by atoms with Gasteiger partial charge in [-0.1, -0.05) is 0 Å². The summed E-state index contributed by atoms with van der Waals surface area (Å²) in [6, 6.07) is 5.08. The zero-order chi connectivity index (χ0) is 12.4. The van der Waals surface area contributed by atoms with Crippen LogP contribution in [0.15, 0.2) is 18.2 Å². The van der Waals surface area contributed by atoms with Gasteiger partial charge in [-0.3, -0.25) is 4.79 Å². The van der Waals surface area contributed by atoms with Gasteiger partial charge in [-0.2, -0.15) is 0 Å². The van der Waals surface area contributed by atoms with Gasteiger partial charge in [-0.05, 0) is 30.2 Å². The van der Waals surface area contributed by atoms with E-state index in [2.05, 4.69) is 4.90 Å². The summed E-state index contributed by atoms with van der Waals surface area (Å²) in [5.41, 5.74) is 7.45. The van der Waals surface area contributed by atoms with Gasteiger partial charge in [-0.15, -0.1) is 0 Å². The molecule has 0 saturated carbocycles. The number of nitrogens with zero attached hydrogens (tertiary/aromatic N) is 1. The van der Waals surface area contributed by atoms with Gasteiger partial charge in [0.05, 0.1) is 5.56 Å². The molecule has 0 spiro atoms. The standard InChI is InChI=1S/C12H14N2O3/c13-11(15)4-6-14-5-3-8-7-9(12(16)17)1-2-10(8)14/h1-2,7H,3-6H2,(H2,13,15)(H,16,17). The lowest BCUT2D eigenvalue weighted by atomic mass is 10.1. The highest BCUT2D eigenvalue weighted by molar-refractivity contribution is 5.88. The number of aromatic carboxylic acids is 1. The molecule has 1 aromatic carbocycles. The lowest BCUT2D eigenvalue weighted by Gasteiger charge is -2.18. The Bertz CT molecular complexity index is 471. The number of hydrogen-bond acceptors (Lipinski definition) is 3. The number of nitrogens with two attached hydrogens (primary N) is 1. The Hall–Kier alpha value is -2.04. The van der Waals surface area contributed by atoms with Gasteiger partial charge in [0.15, 0.2) is 0 Å². The summed E-state index contributed by atoms with van der Waals surface area (Å²) >= 11 is 0. The first-order chi connectivity index (χ1) is 8.08. The molecule has 1 amide bonds. The summed E-state index contributed by atoms with van der Waals surface area (Å²) in [4.78, 5) is 23.6. The lowest BCUT2D eigenvalue weighted by Crippen LogP contribution is -2.26. The molecule has 0 saturated heterocycles. The number of primary amides is 1. The van der Waals surface area contributed by atoms with Gasteiger partial charge in [0.2, 0.25) is 5.91 Å². The SMILES string of the molecule is NC(=O)CCN1CCc2cc(C(=O)O)ccc21. The molecule has 90 valence electrons. The van der Waals surface area contributed by atoms with Crippen molar-refractivity contribution in [3.63, 3.8) is 0 Å². The van der Waals surface area contributed by atoms with E-state index < -0.39 is 5.97 Å². The molecule has 5 nitrogen and oxygen atoms in total. The molecule has 0 fully saturated rings. The molecule has 17 heavy (non-hydrogen) atoms. The molecule has 0 bridgehead atoms. The fourth-order valence-electron chi connectivity index (χ4n) is 2.08. The van der Waals surface area contributed by atoms with Crippen molar-refractivity contribution in [2.45, 2.75) is 12.8 Å². The van der Waals surface area contributed by atoms with Crippen molar-refractivity contribution in [1.29, 1.82) is 0 Å². The van der Waals surface area contributed by atoms with Crippen molar-refractivity contribution < 1.29 is 14.7 Å². The minimum Gasteiger partial charge on any atom is -0.478 e. The van der Waals surface area contributed by atoms with Crippen LogP contribution in [0, 0.1) is 0 Å². The number of anilines is 1. The fourth-order valence-corrected chi connectivity index (χ4v) is 2.08. The van der Waals surface area contributed by atoms with Crippen molar-refractivity contribution in [3.05, 3.63) is 29.3 Å². The summed E-state index contributed by atoms with van der Waals surface area (Å²) in [5.74, 6) is -1.23. The van der Waals surface area contributed by atoms with Crippen molar-refractivity contribution in [1.82, 2.24) is 0 Å². The van der Waals surface area contributed by atoms with Gasteiger partial charge in [-0.25, -0.2) is 4.79 Å². The summed E-state index contributed by atoms with van der Waals surface area (Å²) in [5, 5.41) is 8.88. The molecule has 1 aliphatic heterocycles. The Labute approximate surface area is 98.8 Å². The van der Waals surface area contributed by atoms with Crippen LogP contribution < -0.4 is 10.6 Å². The van der Waals surface area contributed by atoms with Crippen LogP contribution in [0.1, 0.15) is 22.3 Å². The van der Waals surface area contributed by atoms with Gasteiger partial charge in [0, 0.05) is 25.2 Å². The van der Waals surface area contributed by atoms with Gasteiger partial charge in [0.25, 0.3) is 0 Å². The summed E-state index contributed by atoms with van der Waals surface area (Å²) in [6.07, 6.45) is 1.13. The average Bonchev–Trinajstić information content (AvgIpc) is 2.68. The van der Waals surface area contributed by atoms with Crippen LogP contribution >= 0.6 is 0 Å². The maximum Gasteiger partial charge on any atom is 0.335 e. The molecule has 0 atom stereocenters. The minimum atomic E-state index is -0.914. The molecule has 3 N–H and O–H groups in total. The van der Waals surface area contributed by atoms with Crippen molar-refractivity contribution in [2.75, 3.05) is 18.0 Å². The van der Waals surface area contributed by atoms with Crippen molar-refractivity contribution in [3.8, 4) is 0 Å². The number of carboxylic acids is 1. The minimum absolute atomic E-state index is 0.306. The van der Waals surface area contributed by atoms with Crippen LogP contribution in [0.5, 0.6) is 0 Å². The number of carbonyl (C=O) groups excluding carboxylic acids is 1. The zero-order valence-corrected chi connectivity index (χ0v) is 9.35. The molecule has 0 radical (unpaired) electrons. The third kappa shape index (κ3) is 2.38. The Morgan fingerprint density at radius 3 is 2.82 bits per heavy atom. The first kappa shape index (κ1) is 11.4. The number of benzene rings is 1. The first-order valence-corrected chi connectivity index (χ1v) is 5.47. The Balaban J connectivity index is 2.16. The highest BCUT2D eigenvalue weighted by Gasteiger charge is 2.20. The quantitative estimate of drug-likeness (QED) is 0.800. The lowest BCUT2D eigenvalue weighted by molar-refractivity contribution is -0.117. The van der Waals surface area contributed by atoms with Crippen LogP contribution in [-0.4, -0.2) is 30.1 Å². The van der Waals surface area contributed by atoms with Gasteiger partial charge in [0.1, 0.15) is 0 Å². The molecule has 0 aromatic heterocycles. The monoisotopic (exact) mass is 234 g/mol. The highest BCUT2D eigenvalue weighted by atomic mass is 16.4. The molecule has 2 rings (SSSR count). The topological polar surface area (TPSA) is 83.6 Å². The summed E-state index contributed by atoms with van der Waals surface area (Å²) in [7, 11) is 0. The maximum absolute atomic E-state index is 10.8. The van der Waals surface area contributed by atoms with E-state index in [1.54, 1.807) is 18.2 Å². The molecule has 1 aromatic rings. The molecular weight excluding hydrogens is 220 g/mol. The molecule has 0 aliphatic carbocycles. The molecular formula is C12H14N2O3. The second-order valence-corrected chi connectivity index (χ2v) is 4.10. The molecule has 0 unspecified atom stereocenters. The van der Waals surface area contributed by atoms with E-state index in [9.17, 15) is 9.59 Å². The zero-order valence-electron chi connectivity index (χ0n) is 9.35. The predicted molar refractivity (Wildman–Crippen MR) is 63.1 cm³/mol. The molecule has 1 heterocycles. The van der Waals surface area contributed by atoms with Crippen LogP contribution in [0.25, 0.3) is 0 Å². The Morgan fingerprint density at radius 2 is 2.18 bits per heavy atom. The van der Waals surface area contributed by atoms with Crippen LogP contribution in [0.2, 0.25) is 0 Å². The second kappa shape index (κ2) is 4.45. The number of rotatable bonds is 4. The number of fused-ring (bicyclic) bond motifs is 1. The number of carbonyl (C=O) groups is 2. The smallest absolute Gasteiger partial charge is 0.335 e. The van der Waals surface area contributed by atoms with Crippen molar-refractivity contribution in [2.24, 2.45) is 5.73 Å². The van der Waals surface area contributed by atoms with Gasteiger partial charge < -0.3 is 15.7 Å². The van der Waals surface area contributed by atoms with Crippen LogP contribution in [0.3, 0.4) is 0 Å². The predicted octanol–water partition coefficient (Wildman–Crippen LogP) is 0.623. The highest BCUT2D eigenvalue weighted by Crippen LogP contribution is 2.28. The van der Waals surface area contributed by atoms with Gasteiger partial charge >= 0.3 is 5.97 Å². The first-order valence-electron chi connectivity index (χ1n) is 5.47. The number of amides is 1. The third-order valence-electron chi connectivity index (χ3n) is 2.95. The largest absolute Gasteiger partial charge is 0.478 e. The van der Waals surface area contributed by atoms with E-state index in [0.29, 0.717) is 18.5 Å². The molecule has 1 aliphatic rings. The summed E-state index contributed by atoms with van der Waals surface area (Å²) < 4.78 is 0. The molecule has 5 heteroatoms. The van der Waals surface area contributed by atoms with E-state index in [1.807, 2.05) is 0 Å². The average molecular weight is 234 g/mol. The van der Waals surface area contributed by atoms with E-state index in [4.69, 9.17) is 10.8 Å². The maximum atomic E-state index is 10.8. The Kier molecular flexibility index (Phi) is 2.99. The van der Waals surface area contributed by atoms with E-state index in [1.165, 1.54) is 0 Å². The normalized spacial score (nSPS) is 13.5. The van der Waals surface area contributed by atoms with E-state index >= 15 is 0 Å². The fraction of sp³-hybridized carbons (Fsp3) is 0.333. The van der Waals surface area contributed by atoms with E-state index in [-0.39, 0.29) is 5.91 Å². The number of hydrogen-bond donors (Lipinski definition) is 2. The summed E-state index contributed by atoms with van der Waals surface area (Å²) in [6.45, 7) is 1.40. The van der Waals surface area contributed by atoms with E-state index in [0.717, 1.165) is 24.2 Å². The second-order valence-electron chi connectivity index (χ2n) is 4.10. The van der Waals surface area contributed by atoms with Crippen LogP contribution in [0.4, 0.5) is 5.69 Å². The van der Waals surface area contributed by atoms with Crippen LogP contribution in [-0.2, 0) is 11.2 Å². The van der Waals surface area contributed by atoms with Crippen molar-refractivity contribution >= 4 is 17.6 Å².